The van der Waals surface area contributed by atoms with Gasteiger partial charge in [-0.3, -0.25) is 19.2 Å². The van der Waals surface area contributed by atoms with Crippen molar-refractivity contribution < 1.29 is 138 Å². The van der Waals surface area contributed by atoms with Gasteiger partial charge in [0.15, 0.2) is 34.1 Å². The van der Waals surface area contributed by atoms with Crippen molar-refractivity contribution in [2.45, 2.75) is 104 Å². The fraction of sp³-hybridized carbons (Fsp3) is 0.309. The molecule has 2 aromatic heterocycles. The van der Waals surface area contributed by atoms with Crippen LogP contribution in [0.5, 0.6) is 0 Å². The van der Waals surface area contributed by atoms with Gasteiger partial charge in [-0.15, -0.1) is 23.5 Å². The van der Waals surface area contributed by atoms with Crippen molar-refractivity contribution in [1.29, 1.82) is 0 Å². The Morgan fingerprint density at radius 1 is 0.552 bits per heavy atom. The number of likely N-dealkylation sites (tertiary alicyclic amines) is 2. The number of para-hydroxylation sites is 1. The number of benzene rings is 8. The summed E-state index contributed by atoms with van der Waals surface area (Å²) >= 11 is -1.04. The Kier molecular flexibility index (Phi) is 11.1. The molecule has 0 atom stereocenters. The molecule has 2 aliphatic rings. The van der Waals surface area contributed by atoms with Crippen LogP contribution in [0.25, 0.3) is 44.1 Å². The Bertz CT molecular complexity index is 7570. The lowest BCUT2D eigenvalue weighted by Gasteiger charge is -2.39. The zero-order valence-corrected chi connectivity index (χ0v) is 54.0. The van der Waals surface area contributed by atoms with Crippen molar-refractivity contribution in [2.24, 2.45) is 0 Å². The standard InChI is InChI=1S/C41H40F5N3O3S.C40H38F5N3O3S/c1-27-6-15-36-34(22-27)37(50)23-39(53-26-31-4-3-5-35(42)40(31)43)49(36)25-38(51)48(33-16-18-47(19-17-33)20-21-52-2)24-28-7-9-29(10-8-28)30-11-13-32(14-12-30)41(44,45)46;1-51-22-21-46-19-17-32(18-20-46)47(24-27-9-11-28(12-10-27)29-13-15-31(16-14-29)40(43,44)45)37(50)25-48-35-8-3-2-6-33(35)36(49)23-38(48)52-26-30-5-4-7-34(41)39(30)42/h3-15,22-23,33H,16-21,24-26H2,1-2H3;2-16,23,32H,17-22,24-26H2,1H3/i2D3,3D,4D,5D,6D,7D,8D,9D,10D,11D,12D,13D,14D,15D,16D2,17D2,18D2,19D2,20D2,21D2,22D,23D,25D2,26D2,33D;1D3,17D2,18D2,19D2,20D2,21D2,22D2,25D2,26D2,32D. The summed E-state index contributed by atoms with van der Waals surface area (Å²) in [6.07, 6.45) is -29.9. The predicted molar refractivity (Wildman–Crippen MR) is 391 cm³/mol. The van der Waals surface area contributed by atoms with Crippen LogP contribution in [0.15, 0.2) is 207 Å². The first-order valence-electron chi connectivity index (χ1n) is 56.5. The molecule has 0 unspecified atom stereocenters. The molecule has 0 spiro atoms. The van der Waals surface area contributed by atoms with Gasteiger partial charge in [0, 0.05) is 156 Å². The highest BCUT2D eigenvalue weighted by atomic mass is 32.2. The van der Waals surface area contributed by atoms with E-state index in [1.165, 1.54) is 24.3 Å². The number of ether oxygens (including phenoxy) is 2. The molecule has 0 N–H and O–H groups in total. The number of pyridine rings is 2. The van der Waals surface area contributed by atoms with Gasteiger partial charge in [-0.1, -0.05) is 121 Å². The first-order valence-corrected chi connectivity index (χ1v) is 30.7. The van der Waals surface area contributed by atoms with Gasteiger partial charge < -0.3 is 38.2 Å². The summed E-state index contributed by atoms with van der Waals surface area (Å²) < 4.78 is 629. The molecule has 0 saturated carbocycles. The Labute approximate surface area is 687 Å². The van der Waals surface area contributed by atoms with E-state index in [2.05, 4.69) is 9.47 Å². The summed E-state index contributed by atoms with van der Waals surface area (Å²) in [6, 6.07) is -18.5. The topological polar surface area (TPSA) is 110 Å². The van der Waals surface area contributed by atoms with E-state index in [0.717, 1.165) is 67.6 Å². The molecular weight excluding hydrogens is 1410 g/mol. The highest BCUT2D eigenvalue weighted by molar-refractivity contribution is 7.98. The van der Waals surface area contributed by atoms with Crippen molar-refractivity contribution in [1.82, 2.24) is 28.7 Å². The number of nitrogens with zero attached hydrogens (tertiary/aromatic N) is 6. The molecule has 0 radical (unpaired) electrons. The number of amides is 2. The monoisotopic (exact) mass is 1540 g/mol. The van der Waals surface area contributed by atoms with Gasteiger partial charge in [-0.25, -0.2) is 17.6 Å². The molecule has 0 bridgehead atoms. The second-order valence-electron chi connectivity index (χ2n) is 20.7. The van der Waals surface area contributed by atoms with Gasteiger partial charge >= 0.3 is 12.4 Å². The number of carbonyl (C=O) groups is 2. The zero-order chi connectivity index (χ0) is 123. The molecule has 2 saturated heterocycles. The van der Waals surface area contributed by atoms with Crippen molar-refractivity contribution in [2.75, 3.05) is 66.2 Å². The van der Waals surface area contributed by atoms with Gasteiger partial charge in [0.2, 0.25) is 11.8 Å². The van der Waals surface area contributed by atoms with Crippen LogP contribution in [0, 0.1) is 30.2 Å². The number of thioether (sulfide) groups is 2. The smallest absolute Gasteiger partial charge is 0.383 e. The Morgan fingerprint density at radius 3 is 1.68 bits per heavy atom. The molecule has 24 heteroatoms. The number of aromatic nitrogens is 2. The number of fused-ring (bicyclic) bond motifs is 2. The summed E-state index contributed by atoms with van der Waals surface area (Å²) in [5.41, 5.74) is -23.3. The van der Waals surface area contributed by atoms with Crippen molar-refractivity contribution in [3.05, 3.63) is 270 Å². The van der Waals surface area contributed by atoms with E-state index in [1.54, 1.807) is 0 Å². The third-order valence-corrected chi connectivity index (χ3v) is 15.5. The van der Waals surface area contributed by atoms with E-state index in [0.29, 0.717) is 16.7 Å². The minimum Gasteiger partial charge on any atom is -0.383 e. The Hall–Kier alpha value is -9.04. The van der Waals surface area contributed by atoms with Crippen LogP contribution in [0.3, 0.4) is 0 Å². The SMILES string of the molecule is [2H]C([2H])([2H])OC([2H])([2H])C([2H])([2H])N1C([2H])([2H])C([2H])([2H])C([2H])(N(Cc2ccc(-c3ccc(C(F)(F)F)cc3)cc2)C(=O)C([2H])([2H])n2c(SC([2H])([2H])c3cccc(F)c3F)cc(=O)c3ccccc32)C([2H])([2H])C1([2H])[2H].[2H]c1c([2H])c(F)c(F)c(C([2H])([2H])Sc2c([2H])c(=O)c3c([2H])c(C)c([2H])c([2H])c3n2C([2H])([2H])C(=O)N(Cc2c([2H])c([2H])c(-c3c([2H])c([2H])c(C(F)(F)F)c([2H])c3[2H])c([2H])c2[2H])C2([2H])C([2H])([2H])C([2H])([2H])N(C([2H])([2H])C([2H])([2H])OC([2H])([2H])[2H])C([2H])([2H])C2([2H])[2H])c1[2H]. The molecule has 2 amide bonds. The first kappa shape index (κ1) is 33.4. The van der Waals surface area contributed by atoms with Crippen LogP contribution in [-0.4, -0.2) is 119 Å². The third-order valence-electron chi connectivity index (χ3n) is 13.9. The third kappa shape index (κ3) is 19.5. The second kappa shape index (κ2) is 34.9. The molecule has 10 aromatic rings. The maximum atomic E-state index is 16.1. The average Bonchev–Trinajstić information content (AvgIpc) is 0.655. The number of alkyl halides is 6. The van der Waals surface area contributed by atoms with Crippen LogP contribution in [0.2, 0.25) is 0 Å². The number of hydrogen-bond acceptors (Lipinski definition) is 10. The van der Waals surface area contributed by atoms with Crippen LogP contribution in [0.4, 0.5) is 43.9 Å². The molecule has 105 heavy (non-hydrogen) atoms. The number of hydrogen-bond donors (Lipinski definition) is 0. The number of carbonyl (C=O) groups excluding carboxylic acids is 2. The van der Waals surface area contributed by atoms with E-state index in [1.807, 2.05) is 0 Å². The molecule has 2 fully saturated rings. The minimum atomic E-state index is -5.62. The fourth-order valence-corrected chi connectivity index (χ4v) is 10.5. The van der Waals surface area contributed by atoms with Gasteiger partial charge in [0.25, 0.3) is 0 Å². The van der Waals surface area contributed by atoms with E-state index < -0.39 is 398 Å². The molecule has 4 heterocycles. The minimum absolute atomic E-state index is 0.152. The van der Waals surface area contributed by atoms with Gasteiger partial charge in [0.1, 0.15) is 13.0 Å². The highest BCUT2D eigenvalue weighted by Crippen LogP contribution is 2.36. The molecule has 12 rings (SSSR count). The van der Waals surface area contributed by atoms with Crippen molar-refractivity contribution in [3.8, 4) is 22.3 Å². The number of rotatable bonds is 24. The molecule has 12 nitrogen and oxygen atoms in total. The van der Waals surface area contributed by atoms with Crippen LogP contribution in [-0.2, 0) is 68.9 Å². The maximum absolute atomic E-state index is 16.1. The lowest BCUT2D eigenvalue weighted by atomic mass is 10.00. The fourth-order valence-electron chi connectivity index (χ4n) is 8.99. The number of halogens is 10. The molecule has 550 valence electrons. The average molecular weight is 1540 g/mol. The quantitative estimate of drug-likeness (QED) is 0.0428. The summed E-state index contributed by atoms with van der Waals surface area (Å²) in [4.78, 5) is 55.8. The van der Waals surface area contributed by atoms with E-state index >= 15 is 22.8 Å². The molecule has 2 aliphatic heterocycles. The summed E-state index contributed by atoms with van der Waals surface area (Å²) in [6.45, 7) is -49.6. The Balaban J connectivity index is 0.000000307. The first-order chi connectivity index (χ1) is 71.8. The molecule has 8 aromatic carbocycles. The van der Waals surface area contributed by atoms with Gasteiger partial charge in [-0.2, -0.15) is 26.3 Å². The van der Waals surface area contributed by atoms with E-state index in [9.17, 15) is 59.5 Å². The predicted octanol–water partition coefficient (Wildman–Crippen LogP) is 17.1. The van der Waals surface area contributed by atoms with Gasteiger partial charge in [0.05, 0.1) is 87.8 Å². The Morgan fingerprint density at radius 2 is 1.09 bits per heavy atom. The van der Waals surface area contributed by atoms with Crippen molar-refractivity contribution >= 4 is 57.1 Å². The summed E-state index contributed by atoms with van der Waals surface area (Å²) in [5.74, 6) is -13.3. The summed E-state index contributed by atoms with van der Waals surface area (Å²) in [5, 5.41) is -4.48. The van der Waals surface area contributed by atoms with Crippen LogP contribution in [0.1, 0.15) is 140 Å². The zero-order valence-electron chi connectivity index (χ0n) is 107. The van der Waals surface area contributed by atoms with Crippen molar-refractivity contribution in [3.63, 3.8) is 0 Å². The maximum Gasteiger partial charge on any atom is 0.416 e. The van der Waals surface area contributed by atoms with Crippen LogP contribution >= 0.6 is 23.5 Å². The van der Waals surface area contributed by atoms with E-state index in [4.69, 9.17) is 56.2 Å². The van der Waals surface area contributed by atoms with Crippen LogP contribution < -0.4 is 10.9 Å². The lowest BCUT2D eigenvalue weighted by molar-refractivity contribution is -0.138. The molecular formula is C81H78F10N6O6S2. The van der Waals surface area contributed by atoms with Gasteiger partial charge in [-0.05, 0) is 126 Å². The number of piperidine rings is 2. The molecule has 0 aliphatic carbocycles. The number of methoxy groups -OCH3 is 2. The summed E-state index contributed by atoms with van der Waals surface area (Å²) in [7, 11) is -7.91. The normalized spacial score (nSPS) is 27.6. The second-order valence-corrected chi connectivity index (χ2v) is 22.4. The highest BCUT2D eigenvalue weighted by Gasteiger charge is 2.34. The van der Waals surface area contributed by atoms with E-state index in [-0.39, 0.29) is 33.4 Å². The largest absolute Gasteiger partial charge is 0.416 e. The lowest BCUT2D eigenvalue weighted by Crippen LogP contribution is -2.48.